The van der Waals surface area contributed by atoms with Gasteiger partial charge in [-0.3, -0.25) is 4.72 Å². The molecule has 0 amide bonds. The number of hydrogen-bond acceptors (Lipinski definition) is 4. The van der Waals surface area contributed by atoms with Crippen molar-refractivity contribution in [2.75, 3.05) is 4.72 Å². The molecule has 108 valence electrons. The van der Waals surface area contributed by atoms with Gasteiger partial charge in [-0.1, -0.05) is 15.9 Å². The quantitative estimate of drug-likeness (QED) is 0.683. The van der Waals surface area contributed by atoms with Gasteiger partial charge in [0.05, 0.1) is 5.69 Å². The zero-order chi connectivity index (χ0) is 14.9. The predicted octanol–water partition coefficient (Wildman–Crippen LogP) is 3.86. The second-order valence-corrected chi connectivity index (χ2v) is 7.88. The molecule has 1 aromatic carbocycles. The van der Waals surface area contributed by atoms with Gasteiger partial charge < -0.3 is 9.52 Å². The van der Waals surface area contributed by atoms with Crippen molar-refractivity contribution in [2.45, 2.75) is 11.5 Å². The van der Waals surface area contributed by atoms with E-state index < -0.39 is 10.0 Å². The normalized spacial score (nSPS) is 11.6. The van der Waals surface area contributed by atoms with Crippen molar-refractivity contribution in [1.82, 2.24) is 0 Å². The summed E-state index contributed by atoms with van der Waals surface area (Å²) in [7, 11) is -3.82. The third-order valence-electron chi connectivity index (χ3n) is 2.33. The highest BCUT2D eigenvalue weighted by atomic mass is 79.9. The zero-order valence-electron chi connectivity index (χ0n) is 9.73. The molecule has 9 heteroatoms. The highest BCUT2D eigenvalue weighted by molar-refractivity contribution is 9.11. The molecule has 20 heavy (non-hydrogen) atoms. The monoisotopic (exact) mass is 487 g/mol. The van der Waals surface area contributed by atoms with Crippen molar-refractivity contribution in [3.8, 4) is 0 Å². The second-order valence-electron chi connectivity index (χ2n) is 3.74. The topological polar surface area (TPSA) is 79.5 Å². The number of anilines is 1. The molecule has 2 N–H and O–H groups in total. The minimum absolute atomic E-state index is 0.0438. The number of furan rings is 1. The Morgan fingerprint density at radius 2 is 1.90 bits per heavy atom. The Bertz CT molecular complexity index is 742. The summed E-state index contributed by atoms with van der Waals surface area (Å²) < 4.78 is 33.5. The van der Waals surface area contributed by atoms with Crippen molar-refractivity contribution in [1.29, 1.82) is 0 Å². The maximum Gasteiger partial charge on any atom is 0.266 e. The van der Waals surface area contributed by atoms with Gasteiger partial charge in [-0.05, 0) is 50.1 Å². The van der Waals surface area contributed by atoms with Crippen molar-refractivity contribution in [3.05, 3.63) is 43.6 Å². The van der Waals surface area contributed by atoms with E-state index in [9.17, 15) is 8.42 Å². The van der Waals surface area contributed by atoms with E-state index in [0.29, 0.717) is 10.2 Å². The summed E-state index contributed by atoms with van der Waals surface area (Å²) >= 11 is 9.59. The zero-order valence-corrected chi connectivity index (χ0v) is 15.3. The fourth-order valence-corrected chi connectivity index (χ4v) is 4.79. The largest absolute Gasteiger partial charge is 0.450 e. The van der Waals surface area contributed by atoms with Crippen LogP contribution in [0.2, 0.25) is 0 Å². The predicted molar refractivity (Wildman–Crippen MR) is 85.0 cm³/mol. The Hall–Kier alpha value is -0.350. The Morgan fingerprint density at radius 3 is 2.45 bits per heavy atom. The van der Waals surface area contributed by atoms with Gasteiger partial charge in [-0.15, -0.1) is 0 Å². The van der Waals surface area contributed by atoms with Crippen LogP contribution in [-0.2, 0) is 16.6 Å². The van der Waals surface area contributed by atoms with Gasteiger partial charge in [-0.25, -0.2) is 8.42 Å². The summed E-state index contributed by atoms with van der Waals surface area (Å²) in [6.07, 6.45) is 0. The van der Waals surface area contributed by atoms with E-state index in [-0.39, 0.29) is 21.9 Å². The Balaban J connectivity index is 2.38. The van der Waals surface area contributed by atoms with Gasteiger partial charge in [0, 0.05) is 15.0 Å². The number of halogens is 3. The van der Waals surface area contributed by atoms with Gasteiger partial charge in [-0.2, -0.15) is 0 Å². The van der Waals surface area contributed by atoms with E-state index in [2.05, 4.69) is 52.5 Å². The highest BCUT2D eigenvalue weighted by Gasteiger charge is 2.23. The first-order valence-corrected chi connectivity index (χ1v) is 9.06. The molecule has 0 saturated heterocycles. The molecule has 0 radical (unpaired) electrons. The smallest absolute Gasteiger partial charge is 0.266 e. The van der Waals surface area contributed by atoms with Crippen LogP contribution in [0.15, 0.2) is 47.2 Å². The maximum absolute atomic E-state index is 12.3. The van der Waals surface area contributed by atoms with Crippen molar-refractivity contribution in [2.24, 2.45) is 0 Å². The second kappa shape index (κ2) is 6.18. The van der Waals surface area contributed by atoms with Crippen LogP contribution in [0.1, 0.15) is 5.76 Å². The molecule has 0 saturated carbocycles. The number of sulfonamides is 1. The Morgan fingerprint density at radius 1 is 1.20 bits per heavy atom. The summed E-state index contributed by atoms with van der Waals surface area (Å²) in [6.45, 7) is -0.379. The molecule has 0 atom stereocenters. The van der Waals surface area contributed by atoms with Crippen LogP contribution in [0, 0.1) is 0 Å². The summed E-state index contributed by atoms with van der Waals surface area (Å²) in [5.74, 6) is 0.159. The highest BCUT2D eigenvalue weighted by Crippen LogP contribution is 2.31. The first kappa shape index (κ1) is 16.0. The van der Waals surface area contributed by atoms with Crippen LogP contribution in [-0.4, -0.2) is 13.5 Å². The molecule has 0 spiro atoms. The number of nitrogens with one attached hydrogen (secondary N) is 1. The molecule has 5 nitrogen and oxygen atoms in total. The lowest BCUT2D eigenvalue weighted by atomic mass is 10.3. The number of aliphatic hydroxyl groups is 1. The number of hydrogen-bond donors (Lipinski definition) is 2. The van der Waals surface area contributed by atoms with E-state index in [1.807, 2.05) is 0 Å². The summed E-state index contributed by atoms with van der Waals surface area (Å²) in [5.41, 5.74) is 0.395. The molecule has 0 aliphatic heterocycles. The van der Waals surface area contributed by atoms with Gasteiger partial charge in [0.15, 0.2) is 4.67 Å². The van der Waals surface area contributed by atoms with E-state index in [4.69, 9.17) is 9.52 Å². The first-order chi connectivity index (χ1) is 9.33. The number of aliphatic hydroxyl groups excluding tert-OH is 1. The fourth-order valence-electron chi connectivity index (χ4n) is 1.43. The van der Waals surface area contributed by atoms with Gasteiger partial charge >= 0.3 is 0 Å². The van der Waals surface area contributed by atoms with Crippen LogP contribution < -0.4 is 4.72 Å². The van der Waals surface area contributed by atoms with Crippen LogP contribution in [0.4, 0.5) is 5.69 Å². The van der Waals surface area contributed by atoms with Gasteiger partial charge in [0.25, 0.3) is 10.0 Å². The minimum Gasteiger partial charge on any atom is -0.450 e. The minimum atomic E-state index is -3.82. The third kappa shape index (κ3) is 3.45. The van der Waals surface area contributed by atoms with Crippen LogP contribution in [0.5, 0.6) is 0 Å². The third-order valence-corrected chi connectivity index (χ3v) is 5.70. The molecule has 1 heterocycles. The molecule has 0 aliphatic rings. The lowest BCUT2D eigenvalue weighted by Crippen LogP contribution is -2.13. The van der Waals surface area contributed by atoms with Crippen molar-refractivity contribution in [3.63, 3.8) is 0 Å². The molecule has 0 bridgehead atoms. The molecule has 1 aromatic heterocycles. The summed E-state index contributed by atoms with van der Waals surface area (Å²) in [6, 6.07) is 6.32. The lowest BCUT2D eigenvalue weighted by Gasteiger charge is -2.08. The molecule has 0 unspecified atom stereocenters. The standard InChI is InChI=1S/C11H8Br3NO4S/c12-6-1-2-9(8(13)3-6)15-20(17,18)10-4-7(5-16)19-11(10)14/h1-4,15-16H,5H2. The van der Waals surface area contributed by atoms with Crippen LogP contribution >= 0.6 is 47.8 Å². The molecule has 0 aliphatic carbocycles. The van der Waals surface area contributed by atoms with E-state index >= 15 is 0 Å². The van der Waals surface area contributed by atoms with Crippen molar-refractivity contribution >= 4 is 63.5 Å². The fraction of sp³-hybridized carbons (Fsp3) is 0.0909. The average Bonchev–Trinajstić information content (AvgIpc) is 2.75. The summed E-state index contributed by atoms with van der Waals surface area (Å²) in [5, 5.41) is 8.96. The molecular formula is C11H8Br3NO4S. The van der Waals surface area contributed by atoms with E-state index in [1.54, 1.807) is 18.2 Å². The number of benzene rings is 1. The van der Waals surface area contributed by atoms with Crippen LogP contribution in [0.25, 0.3) is 0 Å². The van der Waals surface area contributed by atoms with Crippen molar-refractivity contribution < 1.29 is 17.9 Å². The molecule has 2 aromatic rings. The van der Waals surface area contributed by atoms with E-state index in [0.717, 1.165) is 4.47 Å². The SMILES string of the molecule is O=S(=O)(Nc1ccc(Br)cc1Br)c1cc(CO)oc1Br. The summed E-state index contributed by atoms with van der Waals surface area (Å²) in [4.78, 5) is -0.0728. The Kier molecular flexibility index (Phi) is 4.96. The Labute approximate surface area is 140 Å². The lowest BCUT2D eigenvalue weighted by molar-refractivity contribution is 0.245. The first-order valence-electron chi connectivity index (χ1n) is 5.20. The molecular weight excluding hydrogens is 482 g/mol. The van der Waals surface area contributed by atoms with Crippen LogP contribution in [0.3, 0.4) is 0 Å². The molecule has 0 fully saturated rings. The van der Waals surface area contributed by atoms with E-state index in [1.165, 1.54) is 6.07 Å². The van der Waals surface area contributed by atoms with Gasteiger partial charge in [0.1, 0.15) is 17.3 Å². The number of rotatable bonds is 4. The average molecular weight is 490 g/mol. The maximum atomic E-state index is 12.3. The molecule has 2 rings (SSSR count). The van der Waals surface area contributed by atoms with Gasteiger partial charge in [0.2, 0.25) is 0 Å².